The molecule has 1 atom stereocenters. The number of hydrogen-bond acceptors (Lipinski definition) is 4. The summed E-state index contributed by atoms with van der Waals surface area (Å²) >= 11 is 0. The molecule has 0 radical (unpaired) electrons. The van der Waals surface area contributed by atoms with Crippen molar-refractivity contribution in [2.45, 2.75) is 23.5 Å². The Morgan fingerprint density at radius 3 is 2.55 bits per heavy atom. The van der Waals surface area contributed by atoms with Crippen molar-refractivity contribution in [2.24, 2.45) is 0 Å². The topological polar surface area (TPSA) is 44.8 Å². The molecule has 0 heterocycles. The summed E-state index contributed by atoms with van der Waals surface area (Å²) in [5.41, 5.74) is 0. The summed E-state index contributed by atoms with van der Waals surface area (Å²) in [6.07, 6.45) is 1.54. The molecule has 0 fully saturated rings. The molecule has 4 nitrogen and oxygen atoms in total. The van der Waals surface area contributed by atoms with E-state index in [-0.39, 0.29) is 18.3 Å². The second kappa shape index (κ2) is 9.66. The van der Waals surface area contributed by atoms with Crippen LogP contribution in [-0.4, -0.2) is 36.6 Å². The first kappa shape index (κ1) is 18.7. The molecule has 22 heavy (non-hydrogen) atoms. The first-order chi connectivity index (χ1) is 10.5. The maximum absolute atomic E-state index is 14.4. The molecule has 0 aliphatic carbocycles. The standard InChI is InChI=1S/C15H20F2O4S/c1-3-7-14(21-12-20-11-10-19-2)15(16,17)22(18)13-8-5-4-6-9-13/h4-9H,3,10-12H2,1-2H3/b14-7+. The van der Waals surface area contributed by atoms with Gasteiger partial charge in [0.05, 0.1) is 13.2 Å². The van der Waals surface area contributed by atoms with Gasteiger partial charge in [-0.05, 0) is 24.6 Å². The van der Waals surface area contributed by atoms with E-state index < -0.39 is 21.8 Å². The van der Waals surface area contributed by atoms with Crippen molar-refractivity contribution in [3.8, 4) is 0 Å². The average Bonchev–Trinajstić information content (AvgIpc) is 2.53. The first-order valence-electron chi connectivity index (χ1n) is 6.78. The minimum Gasteiger partial charge on any atom is -0.465 e. The summed E-state index contributed by atoms with van der Waals surface area (Å²) in [5.74, 6) is -0.644. The minimum atomic E-state index is -3.62. The lowest BCUT2D eigenvalue weighted by molar-refractivity contribution is -0.0657. The Hall–Kier alpha value is -1.31. The van der Waals surface area contributed by atoms with Crippen LogP contribution in [0.5, 0.6) is 0 Å². The maximum atomic E-state index is 14.4. The van der Waals surface area contributed by atoms with Gasteiger partial charge in [0.1, 0.15) is 10.8 Å². The predicted octanol–water partition coefficient (Wildman–Crippen LogP) is 3.32. The van der Waals surface area contributed by atoms with Crippen LogP contribution in [0.2, 0.25) is 0 Å². The Balaban J connectivity index is 2.76. The summed E-state index contributed by atoms with van der Waals surface area (Å²) in [6.45, 7) is 1.90. The Morgan fingerprint density at radius 1 is 1.27 bits per heavy atom. The van der Waals surface area contributed by atoms with Crippen LogP contribution in [0.15, 0.2) is 47.1 Å². The summed E-state index contributed by atoms with van der Waals surface area (Å²) in [5, 5.41) is -3.62. The number of rotatable bonds is 10. The van der Waals surface area contributed by atoms with Crippen LogP contribution in [-0.2, 0) is 25.0 Å². The van der Waals surface area contributed by atoms with Gasteiger partial charge in [-0.3, -0.25) is 0 Å². The van der Waals surface area contributed by atoms with Gasteiger partial charge in [0.25, 0.3) is 0 Å². The van der Waals surface area contributed by atoms with Crippen LogP contribution < -0.4 is 0 Å². The third kappa shape index (κ3) is 5.47. The van der Waals surface area contributed by atoms with E-state index in [9.17, 15) is 13.0 Å². The molecule has 0 spiro atoms. The van der Waals surface area contributed by atoms with Gasteiger partial charge < -0.3 is 14.2 Å². The number of allylic oxidation sites excluding steroid dienone is 1. The van der Waals surface area contributed by atoms with E-state index >= 15 is 0 Å². The fourth-order valence-electron chi connectivity index (χ4n) is 1.54. The number of benzene rings is 1. The van der Waals surface area contributed by atoms with Crippen LogP contribution in [0.3, 0.4) is 0 Å². The highest BCUT2D eigenvalue weighted by molar-refractivity contribution is 7.86. The van der Waals surface area contributed by atoms with Gasteiger partial charge in [0, 0.05) is 12.0 Å². The van der Waals surface area contributed by atoms with Gasteiger partial charge >= 0.3 is 5.25 Å². The summed E-state index contributed by atoms with van der Waals surface area (Å²) in [7, 11) is -1.04. The van der Waals surface area contributed by atoms with Crippen molar-refractivity contribution in [1.29, 1.82) is 0 Å². The molecule has 0 saturated heterocycles. The number of halogens is 2. The molecule has 1 rings (SSSR count). The van der Waals surface area contributed by atoms with Gasteiger partial charge in [-0.25, -0.2) is 4.21 Å². The number of hydrogen-bond donors (Lipinski definition) is 0. The zero-order valence-electron chi connectivity index (χ0n) is 12.6. The zero-order chi connectivity index (χ0) is 16.4. The average molecular weight is 334 g/mol. The highest BCUT2D eigenvalue weighted by Crippen LogP contribution is 2.33. The van der Waals surface area contributed by atoms with Crippen LogP contribution in [0.1, 0.15) is 13.3 Å². The fourth-order valence-corrected chi connectivity index (χ4v) is 2.56. The number of ether oxygens (including phenoxy) is 3. The predicted molar refractivity (Wildman–Crippen MR) is 80.0 cm³/mol. The Labute approximate surface area is 131 Å². The quantitative estimate of drug-likeness (QED) is 0.374. The van der Waals surface area contributed by atoms with Gasteiger partial charge in [0.15, 0.2) is 12.6 Å². The second-order valence-electron chi connectivity index (χ2n) is 4.24. The largest absolute Gasteiger partial charge is 0.465 e. The lowest BCUT2D eigenvalue weighted by Gasteiger charge is -2.20. The minimum absolute atomic E-state index is 0.0402. The molecule has 0 bridgehead atoms. The molecule has 0 N–H and O–H groups in total. The van der Waals surface area contributed by atoms with E-state index in [0.29, 0.717) is 13.0 Å². The van der Waals surface area contributed by atoms with Crippen molar-refractivity contribution in [2.75, 3.05) is 27.1 Å². The molecule has 1 aromatic carbocycles. The molecule has 0 aromatic heterocycles. The third-order valence-electron chi connectivity index (χ3n) is 2.60. The molecule has 0 aliphatic heterocycles. The van der Waals surface area contributed by atoms with E-state index in [1.54, 1.807) is 25.1 Å². The van der Waals surface area contributed by atoms with Crippen LogP contribution in [0, 0.1) is 0 Å². The van der Waals surface area contributed by atoms with Crippen molar-refractivity contribution >= 4 is 10.8 Å². The molecular weight excluding hydrogens is 314 g/mol. The Morgan fingerprint density at radius 2 is 1.95 bits per heavy atom. The Bertz CT molecular complexity index is 492. The second-order valence-corrected chi connectivity index (χ2v) is 5.76. The van der Waals surface area contributed by atoms with Crippen molar-refractivity contribution < 1.29 is 27.2 Å². The smallest absolute Gasteiger partial charge is 0.381 e. The van der Waals surface area contributed by atoms with Crippen molar-refractivity contribution in [1.82, 2.24) is 0 Å². The molecular formula is C15H20F2O4S. The van der Waals surface area contributed by atoms with E-state index in [1.165, 1.54) is 25.3 Å². The summed E-state index contributed by atoms with van der Waals surface area (Å²) in [6, 6.07) is 7.57. The first-order valence-corrected chi connectivity index (χ1v) is 7.93. The Kier molecular flexibility index (Phi) is 8.22. The van der Waals surface area contributed by atoms with Gasteiger partial charge in [-0.15, -0.1) is 0 Å². The molecule has 7 heteroatoms. The van der Waals surface area contributed by atoms with Crippen LogP contribution >= 0.6 is 0 Å². The highest BCUT2D eigenvalue weighted by atomic mass is 32.2. The van der Waals surface area contributed by atoms with Gasteiger partial charge in [0.2, 0.25) is 0 Å². The normalized spacial score (nSPS) is 13.9. The lowest BCUT2D eigenvalue weighted by Crippen LogP contribution is -2.28. The molecule has 1 aromatic rings. The number of methoxy groups -OCH3 is 1. The molecule has 124 valence electrons. The lowest BCUT2D eigenvalue weighted by atomic mass is 10.4. The molecule has 0 saturated carbocycles. The van der Waals surface area contributed by atoms with Crippen molar-refractivity contribution in [3.05, 3.63) is 42.2 Å². The maximum Gasteiger partial charge on any atom is 0.381 e. The highest BCUT2D eigenvalue weighted by Gasteiger charge is 2.44. The molecule has 1 unspecified atom stereocenters. The van der Waals surface area contributed by atoms with Crippen molar-refractivity contribution in [3.63, 3.8) is 0 Å². The van der Waals surface area contributed by atoms with E-state index in [0.717, 1.165) is 0 Å². The monoisotopic (exact) mass is 334 g/mol. The molecule has 0 aliphatic rings. The molecule has 0 amide bonds. The van der Waals surface area contributed by atoms with E-state index in [4.69, 9.17) is 14.2 Å². The van der Waals surface area contributed by atoms with Crippen LogP contribution in [0.25, 0.3) is 0 Å². The third-order valence-corrected chi connectivity index (χ3v) is 3.96. The summed E-state index contributed by atoms with van der Waals surface area (Å²) < 4.78 is 55.6. The van der Waals surface area contributed by atoms with Crippen LogP contribution in [0.4, 0.5) is 8.78 Å². The fraction of sp³-hybridized carbons (Fsp3) is 0.467. The van der Waals surface area contributed by atoms with Gasteiger partial charge in [-0.2, -0.15) is 8.78 Å². The number of alkyl halides is 2. The van der Waals surface area contributed by atoms with E-state index in [1.807, 2.05) is 0 Å². The summed E-state index contributed by atoms with van der Waals surface area (Å²) in [4.78, 5) is 0.0402. The SMILES string of the molecule is CC/C=C(/OCOCCOC)C(F)(F)S(=O)c1ccccc1. The van der Waals surface area contributed by atoms with Gasteiger partial charge in [-0.1, -0.05) is 25.1 Å². The van der Waals surface area contributed by atoms with E-state index in [2.05, 4.69) is 0 Å². The zero-order valence-corrected chi connectivity index (χ0v) is 13.4.